The van der Waals surface area contributed by atoms with Crippen LogP contribution in [0.2, 0.25) is 0 Å². The van der Waals surface area contributed by atoms with Crippen molar-refractivity contribution < 1.29 is 18.0 Å². The first-order valence-electron chi connectivity index (χ1n) is 7.12. The van der Waals surface area contributed by atoms with Gasteiger partial charge in [-0.15, -0.1) is 5.10 Å². The summed E-state index contributed by atoms with van der Waals surface area (Å²) in [5, 5.41) is 8.77. The highest BCUT2D eigenvalue weighted by atomic mass is 32.2. The van der Waals surface area contributed by atoms with Crippen LogP contribution in [-0.4, -0.2) is 26.4 Å². The van der Waals surface area contributed by atoms with Crippen LogP contribution in [0, 0.1) is 0 Å². The third-order valence-electron chi connectivity index (χ3n) is 3.42. The second-order valence-corrected chi connectivity index (χ2v) is 6.24. The molecule has 0 unspecified atom stereocenters. The van der Waals surface area contributed by atoms with Gasteiger partial charge in [0.05, 0.1) is 17.0 Å². The fourth-order valence-electron chi connectivity index (χ4n) is 2.20. The minimum absolute atomic E-state index is 0.0905. The lowest BCUT2D eigenvalue weighted by Crippen LogP contribution is -2.19. The Morgan fingerprint density at radius 2 is 2.08 bits per heavy atom. The van der Waals surface area contributed by atoms with Crippen LogP contribution in [0.15, 0.2) is 34.2 Å². The van der Waals surface area contributed by atoms with Crippen LogP contribution >= 0.6 is 11.8 Å². The first-order chi connectivity index (χ1) is 11.4. The van der Waals surface area contributed by atoms with Crippen molar-refractivity contribution in [3.8, 4) is 0 Å². The molecule has 0 atom stereocenters. The number of rotatable bonds is 5. The number of para-hydroxylation sites is 1. The number of carbonyl (C=O) groups excluding carboxylic acids is 1. The average Bonchev–Trinajstić information content (AvgIpc) is 3.28. The highest BCUT2D eigenvalue weighted by Crippen LogP contribution is 2.36. The van der Waals surface area contributed by atoms with Gasteiger partial charge >= 0.3 is 11.9 Å². The van der Waals surface area contributed by atoms with E-state index >= 15 is 0 Å². The van der Waals surface area contributed by atoms with Crippen molar-refractivity contribution in [2.24, 2.45) is 0 Å². The molecular formula is C14H13F3N4O2S. The lowest BCUT2D eigenvalue weighted by Gasteiger charge is -2.13. The Balaban J connectivity index is 1.66. The van der Waals surface area contributed by atoms with Gasteiger partial charge in [-0.1, -0.05) is 23.9 Å². The van der Waals surface area contributed by atoms with Crippen LogP contribution in [0.1, 0.15) is 24.4 Å². The molecule has 10 heteroatoms. The van der Waals surface area contributed by atoms with Crippen LogP contribution in [0.4, 0.5) is 18.9 Å². The molecule has 0 saturated heterocycles. The van der Waals surface area contributed by atoms with Crippen LogP contribution in [0.3, 0.4) is 0 Å². The molecule has 0 radical (unpaired) electrons. The van der Waals surface area contributed by atoms with Gasteiger partial charge in [0.1, 0.15) is 0 Å². The molecule has 1 amide bonds. The van der Waals surface area contributed by atoms with Crippen LogP contribution in [0.25, 0.3) is 0 Å². The zero-order chi connectivity index (χ0) is 17.3. The molecule has 1 heterocycles. The smallest absolute Gasteiger partial charge is 0.325 e. The second kappa shape index (κ2) is 6.34. The number of anilines is 1. The number of alkyl halides is 3. The molecule has 1 fully saturated rings. The Hall–Kier alpha value is -2.23. The van der Waals surface area contributed by atoms with Gasteiger partial charge in [-0.25, -0.2) is 9.89 Å². The van der Waals surface area contributed by atoms with Crippen LogP contribution in [0.5, 0.6) is 0 Å². The van der Waals surface area contributed by atoms with E-state index in [-0.39, 0.29) is 23.2 Å². The molecular weight excluding hydrogens is 345 g/mol. The van der Waals surface area contributed by atoms with Crippen LogP contribution < -0.4 is 11.0 Å². The molecule has 1 saturated carbocycles. The molecule has 0 aliphatic heterocycles. The number of H-pyrrole nitrogens is 1. The van der Waals surface area contributed by atoms with Crippen LogP contribution in [-0.2, 0) is 11.0 Å². The maximum atomic E-state index is 12.9. The summed E-state index contributed by atoms with van der Waals surface area (Å²) in [5.74, 6) is -0.752. The van der Waals surface area contributed by atoms with Crippen molar-refractivity contribution in [3.63, 3.8) is 0 Å². The van der Waals surface area contributed by atoms with Crippen molar-refractivity contribution in [1.29, 1.82) is 0 Å². The summed E-state index contributed by atoms with van der Waals surface area (Å²) in [7, 11) is 0. The molecule has 3 rings (SSSR count). The van der Waals surface area contributed by atoms with E-state index in [1.807, 2.05) is 0 Å². The molecule has 2 N–H and O–H groups in total. The highest BCUT2D eigenvalue weighted by molar-refractivity contribution is 7.99. The molecule has 2 aromatic rings. The van der Waals surface area contributed by atoms with E-state index in [4.69, 9.17) is 0 Å². The number of halogens is 3. The third kappa shape index (κ3) is 3.64. The standard InChI is InChI=1S/C14H13F3N4O2S/c15-14(16,17)9-3-1-2-4-10(9)18-11(22)7-24-13-20-19-12(23)21(13)8-5-6-8/h1-4,8H,5-7H2,(H,18,22)(H,19,23). The van der Waals surface area contributed by atoms with E-state index in [9.17, 15) is 22.8 Å². The topological polar surface area (TPSA) is 79.8 Å². The summed E-state index contributed by atoms with van der Waals surface area (Å²) in [6.07, 6.45) is -2.80. The average molecular weight is 358 g/mol. The zero-order valence-electron chi connectivity index (χ0n) is 12.3. The Labute approximate surface area is 138 Å². The van der Waals surface area contributed by atoms with E-state index < -0.39 is 17.6 Å². The Bertz CT molecular complexity index is 811. The van der Waals surface area contributed by atoms with E-state index in [0.29, 0.717) is 5.16 Å². The predicted octanol–water partition coefficient (Wildman–Crippen LogP) is 2.66. The van der Waals surface area contributed by atoms with E-state index in [1.54, 1.807) is 0 Å². The van der Waals surface area contributed by atoms with Gasteiger partial charge in [-0.05, 0) is 25.0 Å². The van der Waals surface area contributed by atoms with Crippen molar-refractivity contribution >= 4 is 23.4 Å². The summed E-state index contributed by atoms with van der Waals surface area (Å²) in [6.45, 7) is 0. The largest absolute Gasteiger partial charge is 0.418 e. The number of aromatic amines is 1. The third-order valence-corrected chi connectivity index (χ3v) is 4.38. The fourth-order valence-corrected chi connectivity index (χ4v) is 3.02. The first-order valence-corrected chi connectivity index (χ1v) is 8.10. The normalized spacial score (nSPS) is 14.6. The second-order valence-electron chi connectivity index (χ2n) is 5.29. The summed E-state index contributed by atoms with van der Waals surface area (Å²) in [6, 6.07) is 4.86. The molecule has 6 nitrogen and oxygen atoms in total. The number of nitrogens with zero attached hydrogens (tertiary/aromatic N) is 2. The molecule has 1 aromatic heterocycles. The predicted molar refractivity (Wildman–Crippen MR) is 81.9 cm³/mol. The molecule has 0 spiro atoms. The van der Waals surface area contributed by atoms with Gasteiger partial charge in [0.15, 0.2) is 5.16 Å². The number of thioether (sulfide) groups is 1. The molecule has 1 aliphatic rings. The quantitative estimate of drug-likeness (QED) is 0.806. The van der Waals surface area contributed by atoms with Gasteiger partial charge < -0.3 is 5.32 Å². The number of amides is 1. The fraction of sp³-hybridized carbons (Fsp3) is 0.357. The Kier molecular flexibility index (Phi) is 4.39. The minimum Gasteiger partial charge on any atom is -0.325 e. The number of hydrogen-bond donors (Lipinski definition) is 2. The lowest BCUT2D eigenvalue weighted by atomic mass is 10.1. The van der Waals surface area contributed by atoms with Crippen molar-refractivity contribution in [1.82, 2.24) is 14.8 Å². The first kappa shape index (κ1) is 16.6. The van der Waals surface area contributed by atoms with E-state index in [0.717, 1.165) is 30.7 Å². The number of hydrogen-bond acceptors (Lipinski definition) is 4. The SMILES string of the molecule is O=C(CSc1n[nH]c(=O)n1C1CC1)Nc1ccccc1C(F)(F)F. The summed E-state index contributed by atoms with van der Waals surface area (Å²) < 4.78 is 40.2. The maximum Gasteiger partial charge on any atom is 0.418 e. The Morgan fingerprint density at radius 1 is 1.38 bits per heavy atom. The van der Waals surface area contributed by atoms with Gasteiger partial charge in [0.2, 0.25) is 5.91 Å². The summed E-state index contributed by atoms with van der Waals surface area (Å²) >= 11 is 1.00. The molecule has 1 aliphatic carbocycles. The molecule has 1 aromatic carbocycles. The Morgan fingerprint density at radius 3 is 2.75 bits per heavy atom. The van der Waals surface area contributed by atoms with Gasteiger partial charge in [0, 0.05) is 6.04 Å². The van der Waals surface area contributed by atoms with Crippen molar-refractivity contribution in [3.05, 3.63) is 40.3 Å². The zero-order valence-corrected chi connectivity index (χ0v) is 13.1. The number of aromatic nitrogens is 3. The monoisotopic (exact) mass is 358 g/mol. The van der Waals surface area contributed by atoms with Crippen molar-refractivity contribution in [2.75, 3.05) is 11.1 Å². The maximum absolute atomic E-state index is 12.9. The number of nitrogens with one attached hydrogen (secondary N) is 2. The van der Waals surface area contributed by atoms with E-state index in [1.165, 1.54) is 22.8 Å². The molecule has 24 heavy (non-hydrogen) atoms. The van der Waals surface area contributed by atoms with E-state index in [2.05, 4.69) is 15.5 Å². The van der Waals surface area contributed by atoms with Gasteiger partial charge in [0.25, 0.3) is 0 Å². The minimum atomic E-state index is -4.55. The summed E-state index contributed by atoms with van der Waals surface area (Å²) in [4.78, 5) is 23.6. The lowest BCUT2D eigenvalue weighted by molar-refractivity contribution is -0.137. The number of carbonyl (C=O) groups is 1. The van der Waals surface area contributed by atoms with Gasteiger partial charge in [-0.2, -0.15) is 13.2 Å². The molecule has 128 valence electrons. The van der Waals surface area contributed by atoms with Crippen molar-refractivity contribution in [2.45, 2.75) is 30.2 Å². The molecule has 0 bridgehead atoms. The highest BCUT2D eigenvalue weighted by Gasteiger charge is 2.33. The number of benzene rings is 1. The summed E-state index contributed by atoms with van der Waals surface area (Å²) in [5.41, 5.74) is -1.54. The van der Waals surface area contributed by atoms with Gasteiger partial charge in [-0.3, -0.25) is 9.36 Å².